The van der Waals surface area contributed by atoms with Gasteiger partial charge in [-0.25, -0.2) is 9.18 Å². The Morgan fingerprint density at radius 1 is 0.947 bits per heavy atom. The number of rotatable bonds is 3. The van der Waals surface area contributed by atoms with Crippen molar-refractivity contribution in [3.8, 4) is 0 Å². The summed E-state index contributed by atoms with van der Waals surface area (Å²) in [5.41, 5.74) is -9.66. The molecule has 0 aromatic rings. The van der Waals surface area contributed by atoms with Crippen molar-refractivity contribution in [3.05, 3.63) is 12.2 Å². The maximum Gasteiger partial charge on any atom is 0.435 e. The summed E-state index contributed by atoms with van der Waals surface area (Å²) in [5, 5.41) is 0. The minimum atomic E-state index is -6.30. The molecule has 0 unspecified atom stereocenters. The van der Waals surface area contributed by atoms with Crippen molar-refractivity contribution in [2.75, 3.05) is 0 Å². The van der Waals surface area contributed by atoms with Crippen molar-refractivity contribution < 1.29 is 40.3 Å². The first-order valence-corrected chi connectivity index (χ1v) is 4.79. The third-order valence-corrected chi connectivity index (χ3v) is 2.31. The average Bonchev–Trinajstić information content (AvgIpc) is 2.11. The standard InChI is InChI=1S/C10H11F7O2/c1-5(2)6(18)19-7(3,4)8(11,9(12,13)14)10(15,16)17/h1H2,2-4H3. The van der Waals surface area contributed by atoms with Gasteiger partial charge < -0.3 is 4.74 Å². The van der Waals surface area contributed by atoms with E-state index in [2.05, 4.69) is 11.3 Å². The third kappa shape index (κ3) is 3.01. The fourth-order valence-electron chi connectivity index (χ4n) is 1.23. The van der Waals surface area contributed by atoms with Crippen LogP contribution >= 0.6 is 0 Å². The first-order valence-electron chi connectivity index (χ1n) is 4.79. The number of ether oxygens (including phenoxy) is 1. The van der Waals surface area contributed by atoms with Gasteiger partial charge in [0.15, 0.2) is 5.60 Å². The highest BCUT2D eigenvalue weighted by molar-refractivity contribution is 5.87. The minimum absolute atomic E-state index is 0.189. The van der Waals surface area contributed by atoms with Crippen LogP contribution in [0.25, 0.3) is 0 Å². The molecule has 0 N–H and O–H groups in total. The normalized spacial score (nSPS) is 14.2. The lowest BCUT2D eigenvalue weighted by molar-refractivity contribution is -0.381. The Labute approximate surface area is 104 Å². The summed E-state index contributed by atoms with van der Waals surface area (Å²) in [6, 6.07) is 0. The molecule has 0 bridgehead atoms. The predicted molar refractivity (Wildman–Crippen MR) is 50.9 cm³/mol. The van der Waals surface area contributed by atoms with Gasteiger partial charge in [-0.3, -0.25) is 0 Å². The third-order valence-electron chi connectivity index (χ3n) is 2.31. The van der Waals surface area contributed by atoms with Crippen molar-refractivity contribution in [2.45, 2.75) is 44.4 Å². The van der Waals surface area contributed by atoms with Crippen LogP contribution in [0.15, 0.2) is 12.2 Å². The maximum absolute atomic E-state index is 13.7. The SMILES string of the molecule is C=C(C)C(=O)OC(C)(C)C(F)(C(F)(F)F)C(F)(F)F. The number of hydrogen-bond donors (Lipinski definition) is 0. The lowest BCUT2D eigenvalue weighted by atomic mass is 9.85. The maximum atomic E-state index is 13.7. The number of halogens is 7. The molecular weight excluding hydrogens is 285 g/mol. The van der Waals surface area contributed by atoms with Gasteiger partial charge >= 0.3 is 24.0 Å². The fourth-order valence-corrected chi connectivity index (χ4v) is 1.23. The minimum Gasteiger partial charge on any atom is -0.452 e. The second-order valence-electron chi connectivity index (χ2n) is 4.33. The van der Waals surface area contributed by atoms with Gasteiger partial charge in [0, 0.05) is 5.57 Å². The van der Waals surface area contributed by atoms with Crippen LogP contribution in [0.5, 0.6) is 0 Å². The Morgan fingerprint density at radius 2 is 1.26 bits per heavy atom. The topological polar surface area (TPSA) is 26.3 Å². The smallest absolute Gasteiger partial charge is 0.435 e. The van der Waals surface area contributed by atoms with Crippen LogP contribution in [0.3, 0.4) is 0 Å². The Bertz CT molecular complexity index is 364. The number of carbonyl (C=O) groups excluding carboxylic acids is 1. The van der Waals surface area contributed by atoms with Crippen LogP contribution in [0, 0.1) is 0 Å². The molecule has 0 aromatic heterocycles. The Morgan fingerprint density at radius 3 is 1.47 bits per heavy atom. The Balaban J connectivity index is 5.77. The van der Waals surface area contributed by atoms with Crippen molar-refractivity contribution >= 4 is 5.97 Å². The molecule has 0 heterocycles. The lowest BCUT2D eigenvalue weighted by Crippen LogP contribution is -2.67. The van der Waals surface area contributed by atoms with Crippen LogP contribution in [0.2, 0.25) is 0 Å². The van der Waals surface area contributed by atoms with E-state index in [9.17, 15) is 35.5 Å². The summed E-state index contributed by atoms with van der Waals surface area (Å²) in [6.45, 7) is 4.36. The van der Waals surface area contributed by atoms with E-state index in [-0.39, 0.29) is 13.8 Å². The molecule has 0 aromatic carbocycles. The molecule has 0 atom stereocenters. The molecule has 0 aliphatic rings. The van der Waals surface area contributed by atoms with E-state index < -0.39 is 35.2 Å². The molecular formula is C10H11F7O2. The summed E-state index contributed by atoms with van der Waals surface area (Å²) >= 11 is 0. The summed E-state index contributed by atoms with van der Waals surface area (Å²) in [6.07, 6.45) is -12.6. The van der Waals surface area contributed by atoms with Gasteiger partial charge in [0.05, 0.1) is 0 Å². The first-order chi connectivity index (χ1) is 8.08. The molecule has 0 amide bonds. The zero-order chi connectivity index (χ0) is 15.9. The van der Waals surface area contributed by atoms with Gasteiger partial charge in [0.25, 0.3) is 0 Å². The Kier molecular flexibility index (Phi) is 4.36. The van der Waals surface area contributed by atoms with Crippen molar-refractivity contribution in [3.63, 3.8) is 0 Å². The van der Waals surface area contributed by atoms with Crippen LogP contribution in [-0.4, -0.2) is 29.6 Å². The number of hydrogen-bond acceptors (Lipinski definition) is 2. The van der Waals surface area contributed by atoms with E-state index in [1.807, 2.05) is 0 Å². The van der Waals surface area contributed by atoms with Crippen LogP contribution in [0.1, 0.15) is 20.8 Å². The average molecular weight is 296 g/mol. The molecule has 0 radical (unpaired) electrons. The quantitative estimate of drug-likeness (QED) is 0.451. The fraction of sp³-hybridized carbons (Fsp3) is 0.700. The lowest BCUT2D eigenvalue weighted by Gasteiger charge is -2.41. The monoisotopic (exact) mass is 296 g/mol. The second kappa shape index (κ2) is 4.68. The zero-order valence-electron chi connectivity index (χ0n) is 10.2. The molecule has 112 valence electrons. The molecule has 19 heavy (non-hydrogen) atoms. The van der Waals surface area contributed by atoms with E-state index in [0.717, 1.165) is 6.92 Å². The molecule has 0 saturated carbocycles. The van der Waals surface area contributed by atoms with Gasteiger partial charge in [0.1, 0.15) is 0 Å². The van der Waals surface area contributed by atoms with E-state index in [4.69, 9.17) is 0 Å². The highest BCUT2D eigenvalue weighted by Gasteiger charge is 2.80. The zero-order valence-corrected chi connectivity index (χ0v) is 10.2. The molecule has 0 spiro atoms. The van der Waals surface area contributed by atoms with Crippen molar-refractivity contribution in [2.24, 2.45) is 0 Å². The van der Waals surface area contributed by atoms with Crippen LogP contribution < -0.4 is 0 Å². The highest BCUT2D eigenvalue weighted by Crippen LogP contribution is 2.53. The number of alkyl halides is 7. The predicted octanol–water partition coefficient (Wildman–Crippen LogP) is 3.72. The van der Waals surface area contributed by atoms with Gasteiger partial charge in [-0.15, -0.1) is 0 Å². The first kappa shape index (κ1) is 17.7. The largest absolute Gasteiger partial charge is 0.452 e. The molecule has 0 rings (SSSR count). The summed E-state index contributed by atoms with van der Waals surface area (Å²) < 4.78 is 92.2. The molecule has 0 saturated heterocycles. The van der Waals surface area contributed by atoms with E-state index in [1.165, 1.54) is 0 Å². The molecule has 0 aliphatic heterocycles. The summed E-state index contributed by atoms with van der Waals surface area (Å²) in [4.78, 5) is 11.0. The number of carbonyl (C=O) groups is 1. The van der Waals surface area contributed by atoms with E-state index >= 15 is 0 Å². The van der Waals surface area contributed by atoms with Crippen molar-refractivity contribution in [1.29, 1.82) is 0 Å². The molecule has 9 heteroatoms. The second-order valence-corrected chi connectivity index (χ2v) is 4.33. The van der Waals surface area contributed by atoms with E-state index in [1.54, 1.807) is 0 Å². The van der Waals surface area contributed by atoms with Gasteiger partial charge in [-0.1, -0.05) is 6.58 Å². The summed E-state index contributed by atoms with van der Waals surface area (Å²) in [7, 11) is 0. The van der Waals surface area contributed by atoms with Gasteiger partial charge in [0.2, 0.25) is 0 Å². The molecule has 0 aliphatic carbocycles. The van der Waals surface area contributed by atoms with Crippen molar-refractivity contribution in [1.82, 2.24) is 0 Å². The van der Waals surface area contributed by atoms with Gasteiger partial charge in [-0.2, -0.15) is 26.3 Å². The molecule has 0 fully saturated rings. The van der Waals surface area contributed by atoms with E-state index in [0.29, 0.717) is 0 Å². The van der Waals surface area contributed by atoms with Crippen LogP contribution in [-0.2, 0) is 9.53 Å². The highest BCUT2D eigenvalue weighted by atomic mass is 19.4. The van der Waals surface area contributed by atoms with Crippen LogP contribution in [0.4, 0.5) is 30.7 Å². The molecule has 2 nitrogen and oxygen atoms in total. The van der Waals surface area contributed by atoms with Gasteiger partial charge in [-0.05, 0) is 20.8 Å². The number of esters is 1. The summed E-state index contributed by atoms with van der Waals surface area (Å²) in [5.74, 6) is -1.56. The Hall–Kier alpha value is -1.28.